The minimum atomic E-state index is -0.889. The van der Waals surface area contributed by atoms with Crippen molar-refractivity contribution < 1.29 is 14.6 Å². The topological polar surface area (TPSA) is 90.1 Å². The zero-order chi connectivity index (χ0) is 13.1. The molecule has 2 aromatic rings. The van der Waals surface area contributed by atoms with E-state index in [1.165, 1.54) is 11.8 Å². The molecule has 7 nitrogen and oxygen atoms in total. The van der Waals surface area contributed by atoms with Gasteiger partial charge in [0.2, 0.25) is 0 Å². The maximum absolute atomic E-state index is 10.7. The summed E-state index contributed by atoms with van der Waals surface area (Å²) in [5, 5.41) is 20.0. The minimum Gasteiger partial charge on any atom is -0.494 e. The lowest BCUT2D eigenvalue weighted by Crippen LogP contribution is -2.05. The fourth-order valence-corrected chi connectivity index (χ4v) is 1.64. The average Bonchev–Trinajstić information content (AvgIpc) is 2.74. The van der Waals surface area contributed by atoms with Crippen LogP contribution in [-0.4, -0.2) is 38.4 Å². The molecule has 7 heteroatoms. The molecule has 1 N–H and O–H groups in total. The molecule has 0 saturated carbocycles. The summed E-state index contributed by atoms with van der Waals surface area (Å²) in [5.41, 5.74) is 1.28. The van der Waals surface area contributed by atoms with Crippen LogP contribution in [0.25, 0.3) is 5.69 Å². The Bertz CT molecular complexity index is 579. The van der Waals surface area contributed by atoms with Crippen LogP contribution >= 0.6 is 0 Å². The normalized spacial score (nSPS) is 10.3. The number of ether oxygens (including phenoxy) is 1. The second-order valence-electron chi connectivity index (χ2n) is 3.71. The molecule has 1 aromatic heterocycles. The SMILES string of the molecule is COc1ccc(CC(=O)O)cc1-n1nnnc1C. The summed E-state index contributed by atoms with van der Waals surface area (Å²) < 4.78 is 6.72. The maximum atomic E-state index is 10.7. The fraction of sp³-hybridized carbons (Fsp3) is 0.273. The number of carboxylic acid groups (broad SMARTS) is 1. The molecule has 94 valence electrons. The quantitative estimate of drug-likeness (QED) is 0.852. The molecule has 0 radical (unpaired) electrons. The highest BCUT2D eigenvalue weighted by atomic mass is 16.5. The molecular weight excluding hydrogens is 236 g/mol. The molecule has 0 fully saturated rings. The third kappa shape index (κ3) is 2.29. The highest BCUT2D eigenvalue weighted by Gasteiger charge is 2.12. The molecule has 0 amide bonds. The van der Waals surface area contributed by atoms with E-state index in [0.29, 0.717) is 22.8 Å². The molecule has 0 aliphatic rings. The number of nitrogens with zero attached hydrogens (tertiary/aromatic N) is 4. The van der Waals surface area contributed by atoms with Gasteiger partial charge in [0.25, 0.3) is 0 Å². The van der Waals surface area contributed by atoms with E-state index in [1.54, 1.807) is 25.1 Å². The molecule has 1 aromatic carbocycles. The van der Waals surface area contributed by atoms with Crippen LogP contribution in [0.3, 0.4) is 0 Å². The van der Waals surface area contributed by atoms with Crippen LogP contribution in [0, 0.1) is 6.92 Å². The molecule has 0 saturated heterocycles. The van der Waals surface area contributed by atoms with Gasteiger partial charge in [-0.05, 0) is 35.0 Å². The number of rotatable bonds is 4. The monoisotopic (exact) mass is 248 g/mol. The molecule has 0 aliphatic carbocycles. The van der Waals surface area contributed by atoms with Crippen molar-refractivity contribution in [3.8, 4) is 11.4 Å². The van der Waals surface area contributed by atoms with Gasteiger partial charge in [0, 0.05) is 0 Å². The van der Waals surface area contributed by atoms with Gasteiger partial charge in [-0.25, -0.2) is 0 Å². The highest BCUT2D eigenvalue weighted by Crippen LogP contribution is 2.24. The minimum absolute atomic E-state index is 0.0574. The van der Waals surface area contributed by atoms with E-state index in [2.05, 4.69) is 15.5 Å². The van der Waals surface area contributed by atoms with E-state index in [-0.39, 0.29) is 6.42 Å². The number of aryl methyl sites for hydroxylation is 1. The molecular formula is C11H12N4O3. The molecule has 1 heterocycles. The van der Waals surface area contributed by atoms with Crippen LogP contribution in [0.15, 0.2) is 18.2 Å². The van der Waals surface area contributed by atoms with Crippen molar-refractivity contribution in [3.05, 3.63) is 29.6 Å². The van der Waals surface area contributed by atoms with Gasteiger partial charge in [-0.1, -0.05) is 6.07 Å². The lowest BCUT2D eigenvalue weighted by Gasteiger charge is -2.10. The number of aliphatic carboxylic acids is 1. The maximum Gasteiger partial charge on any atom is 0.307 e. The van der Waals surface area contributed by atoms with Gasteiger partial charge in [0.05, 0.1) is 13.5 Å². The van der Waals surface area contributed by atoms with Crippen molar-refractivity contribution in [2.75, 3.05) is 7.11 Å². The van der Waals surface area contributed by atoms with Crippen molar-refractivity contribution in [1.29, 1.82) is 0 Å². The average molecular weight is 248 g/mol. The summed E-state index contributed by atoms with van der Waals surface area (Å²) in [7, 11) is 1.54. The van der Waals surface area contributed by atoms with E-state index < -0.39 is 5.97 Å². The summed E-state index contributed by atoms with van der Waals surface area (Å²) in [4.78, 5) is 10.7. The van der Waals surface area contributed by atoms with Gasteiger partial charge >= 0.3 is 5.97 Å². The number of hydrogen-bond acceptors (Lipinski definition) is 5. The van der Waals surface area contributed by atoms with Gasteiger partial charge in [-0.2, -0.15) is 4.68 Å². The number of tetrazole rings is 1. The van der Waals surface area contributed by atoms with Crippen LogP contribution in [-0.2, 0) is 11.2 Å². The number of methoxy groups -OCH3 is 1. The third-order valence-corrected chi connectivity index (χ3v) is 2.45. The zero-order valence-electron chi connectivity index (χ0n) is 9.99. The van der Waals surface area contributed by atoms with Crippen molar-refractivity contribution in [2.24, 2.45) is 0 Å². The summed E-state index contributed by atoms with van der Waals surface area (Å²) in [6.45, 7) is 1.75. The Morgan fingerprint density at radius 1 is 1.50 bits per heavy atom. The fourth-order valence-electron chi connectivity index (χ4n) is 1.64. The van der Waals surface area contributed by atoms with Crippen molar-refractivity contribution in [2.45, 2.75) is 13.3 Å². The summed E-state index contributed by atoms with van der Waals surface area (Å²) in [6.07, 6.45) is -0.0574. The van der Waals surface area contributed by atoms with Crippen LogP contribution < -0.4 is 4.74 Å². The Morgan fingerprint density at radius 2 is 2.28 bits per heavy atom. The first-order valence-electron chi connectivity index (χ1n) is 5.26. The van der Waals surface area contributed by atoms with Crippen molar-refractivity contribution in [3.63, 3.8) is 0 Å². The first-order chi connectivity index (χ1) is 8.61. The first-order valence-corrected chi connectivity index (χ1v) is 5.26. The molecule has 0 spiro atoms. The molecule has 0 unspecified atom stereocenters. The Morgan fingerprint density at radius 3 is 2.83 bits per heavy atom. The zero-order valence-corrected chi connectivity index (χ0v) is 9.99. The van der Waals surface area contributed by atoms with E-state index in [4.69, 9.17) is 9.84 Å². The number of hydrogen-bond donors (Lipinski definition) is 1. The summed E-state index contributed by atoms with van der Waals surface area (Å²) >= 11 is 0. The number of carbonyl (C=O) groups is 1. The van der Waals surface area contributed by atoms with Crippen molar-refractivity contribution >= 4 is 5.97 Å². The largest absolute Gasteiger partial charge is 0.494 e. The van der Waals surface area contributed by atoms with Crippen LogP contribution in [0.2, 0.25) is 0 Å². The first kappa shape index (κ1) is 12.0. The second-order valence-corrected chi connectivity index (χ2v) is 3.71. The van der Waals surface area contributed by atoms with Gasteiger partial charge in [0.15, 0.2) is 5.82 Å². The Labute approximate surface area is 103 Å². The van der Waals surface area contributed by atoms with Gasteiger partial charge in [-0.15, -0.1) is 5.10 Å². The van der Waals surface area contributed by atoms with Gasteiger partial charge < -0.3 is 9.84 Å². The molecule has 18 heavy (non-hydrogen) atoms. The number of benzene rings is 1. The number of aromatic nitrogens is 4. The molecule has 0 bridgehead atoms. The van der Waals surface area contributed by atoms with E-state index in [9.17, 15) is 4.79 Å². The highest BCUT2D eigenvalue weighted by molar-refractivity contribution is 5.70. The molecule has 2 rings (SSSR count). The smallest absolute Gasteiger partial charge is 0.307 e. The van der Waals surface area contributed by atoms with Crippen LogP contribution in [0.4, 0.5) is 0 Å². The Kier molecular flexibility index (Phi) is 3.22. The Hall–Kier alpha value is -2.44. The molecule has 0 aliphatic heterocycles. The lowest BCUT2D eigenvalue weighted by molar-refractivity contribution is -0.136. The van der Waals surface area contributed by atoms with E-state index in [0.717, 1.165) is 0 Å². The predicted octanol–water partition coefficient (Wildman–Crippen LogP) is 0.606. The summed E-state index contributed by atoms with van der Waals surface area (Å²) in [5.74, 6) is 0.292. The standard InChI is InChI=1S/C11H12N4O3/c1-7-12-13-14-15(7)9-5-8(6-11(16)17)3-4-10(9)18-2/h3-5H,6H2,1-2H3,(H,16,17). The second kappa shape index (κ2) is 4.82. The predicted molar refractivity (Wildman–Crippen MR) is 61.8 cm³/mol. The van der Waals surface area contributed by atoms with E-state index in [1.807, 2.05) is 0 Å². The lowest BCUT2D eigenvalue weighted by atomic mass is 10.1. The van der Waals surface area contributed by atoms with Gasteiger partial charge in [0.1, 0.15) is 11.4 Å². The van der Waals surface area contributed by atoms with Crippen molar-refractivity contribution in [1.82, 2.24) is 20.2 Å². The molecule has 0 atom stereocenters. The summed E-state index contributed by atoms with van der Waals surface area (Å²) in [6, 6.07) is 5.11. The third-order valence-electron chi connectivity index (χ3n) is 2.45. The van der Waals surface area contributed by atoms with E-state index >= 15 is 0 Å². The number of carboxylic acids is 1. The van der Waals surface area contributed by atoms with Gasteiger partial charge in [-0.3, -0.25) is 4.79 Å². The Balaban J connectivity index is 2.49. The van der Waals surface area contributed by atoms with Crippen LogP contribution in [0.5, 0.6) is 5.75 Å². The van der Waals surface area contributed by atoms with Crippen LogP contribution in [0.1, 0.15) is 11.4 Å².